The van der Waals surface area contributed by atoms with Gasteiger partial charge in [0.25, 0.3) is 0 Å². The van der Waals surface area contributed by atoms with Crippen molar-refractivity contribution in [1.29, 1.82) is 0 Å². The molecule has 1 fully saturated rings. The third kappa shape index (κ3) is 5.73. The van der Waals surface area contributed by atoms with Crippen LogP contribution in [0.3, 0.4) is 0 Å². The Hall–Kier alpha value is -7.16. The van der Waals surface area contributed by atoms with Crippen molar-refractivity contribution in [3.05, 3.63) is 258 Å². The van der Waals surface area contributed by atoms with Crippen LogP contribution < -0.4 is 9.80 Å². The van der Waals surface area contributed by atoms with Gasteiger partial charge in [-0.3, -0.25) is 0 Å². The summed E-state index contributed by atoms with van der Waals surface area (Å²) in [5, 5.41) is 0. The predicted octanol–water partition coefficient (Wildman–Crippen LogP) is 15.6. The molecule has 7 aromatic carbocycles. The minimum atomic E-state index is -0.231. The van der Waals surface area contributed by atoms with Crippen molar-refractivity contribution in [2.24, 2.45) is 23.7 Å². The summed E-state index contributed by atoms with van der Waals surface area (Å²) >= 11 is 0. The zero-order valence-electron chi connectivity index (χ0n) is 37.7. The van der Waals surface area contributed by atoms with Crippen LogP contribution in [0.25, 0.3) is 27.8 Å². The third-order valence-electron chi connectivity index (χ3n) is 16.4. The molecule has 0 amide bonds. The Kier molecular flexibility index (Phi) is 9.04. The standard InChI is InChI=1S/C64H54N2/c1-63(2)55-31-15-12-28-50(55)52-38-36-48(41-59(52)63)65(45-23-8-4-9-24-45)49-37-39-53-51-29-13-16-32-56(51)64(60(53)42-49)57-33-17-14-30-54(57)62-58(64)34-19-35-61(62)66(46-25-10-5-11-26-46)47-27-18-22-44(40-47)43-20-6-3-7-21-43/h3-39,41,47,49,51,53,56,60H,40,42H2,1-2H3. The summed E-state index contributed by atoms with van der Waals surface area (Å²) < 4.78 is 0. The second-order valence-electron chi connectivity index (χ2n) is 19.9. The summed E-state index contributed by atoms with van der Waals surface area (Å²) in [6.07, 6.45) is 24.0. The van der Waals surface area contributed by atoms with E-state index in [1.165, 1.54) is 78.4 Å². The van der Waals surface area contributed by atoms with E-state index in [1.807, 2.05) is 0 Å². The zero-order valence-corrected chi connectivity index (χ0v) is 37.7. The van der Waals surface area contributed by atoms with Crippen molar-refractivity contribution in [3.63, 3.8) is 0 Å². The molecule has 0 radical (unpaired) electrons. The summed E-state index contributed by atoms with van der Waals surface area (Å²) in [4.78, 5) is 5.31. The molecule has 66 heavy (non-hydrogen) atoms. The maximum atomic E-state index is 2.66. The van der Waals surface area contributed by atoms with Crippen LogP contribution in [0.4, 0.5) is 22.7 Å². The second-order valence-corrected chi connectivity index (χ2v) is 19.9. The first-order valence-corrected chi connectivity index (χ1v) is 24.1. The first-order valence-electron chi connectivity index (χ1n) is 24.1. The van der Waals surface area contributed by atoms with E-state index >= 15 is 0 Å². The molecule has 7 unspecified atom stereocenters. The quantitative estimate of drug-likeness (QED) is 0.147. The topological polar surface area (TPSA) is 6.48 Å². The summed E-state index contributed by atoms with van der Waals surface area (Å²) in [5.41, 5.74) is 18.7. The van der Waals surface area contributed by atoms with Crippen LogP contribution in [0, 0.1) is 23.7 Å². The van der Waals surface area contributed by atoms with Gasteiger partial charge in [-0.2, -0.15) is 0 Å². The molecule has 0 saturated heterocycles. The lowest BCUT2D eigenvalue weighted by atomic mass is 9.61. The SMILES string of the molecule is CC1(C)c2ccccc2-c2ccc(N(c3ccccc3)C3C=CC4C5C=CC=CC5C5(c6ccccc6-c6c(N(c7ccccc7)C7C=CC=C(c8ccccc8)C7)cccc65)C4C3)cc21. The highest BCUT2D eigenvalue weighted by Crippen LogP contribution is 2.70. The van der Waals surface area contributed by atoms with Crippen LogP contribution >= 0.6 is 0 Å². The molecule has 13 rings (SSSR count). The van der Waals surface area contributed by atoms with Crippen LogP contribution in [-0.4, -0.2) is 12.1 Å². The van der Waals surface area contributed by atoms with Gasteiger partial charge in [-0.1, -0.05) is 202 Å². The molecule has 7 aromatic rings. The number of hydrogen-bond acceptors (Lipinski definition) is 2. The number of hydrogen-bond donors (Lipinski definition) is 0. The van der Waals surface area contributed by atoms with Gasteiger partial charge in [-0.05, 0) is 129 Å². The number of rotatable bonds is 7. The molecular weight excluding hydrogens is 797 g/mol. The molecule has 6 aliphatic rings. The molecule has 0 N–H and O–H groups in total. The molecule has 2 heteroatoms. The third-order valence-corrected chi connectivity index (χ3v) is 16.4. The fourth-order valence-corrected chi connectivity index (χ4v) is 13.8. The first kappa shape index (κ1) is 39.2. The van der Waals surface area contributed by atoms with Gasteiger partial charge >= 0.3 is 0 Å². The maximum Gasteiger partial charge on any atom is 0.0566 e. The van der Waals surface area contributed by atoms with E-state index in [0.29, 0.717) is 23.7 Å². The normalized spacial score (nSPS) is 25.3. The van der Waals surface area contributed by atoms with Crippen molar-refractivity contribution in [1.82, 2.24) is 0 Å². The molecule has 320 valence electrons. The Morgan fingerprint density at radius 1 is 0.455 bits per heavy atom. The number of para-hydroxylation sites is 2. The molecule has 0 bridgehead atoms. The molecule has 7 atom stereocenters. The number of nitrogens with zero attached hydrogens (tertiary/aromatic N) is 2. The summed E-state index contributed by atoms with van der Waals surface area (Å²) in [7, 11) is 0. The average molecular weight is 851 g/mol. The maximum absolute atomic E-state index is 2.66. The average Bonchev–Trinajstić information content (AvgIpc) is 3.94. The van der Waals surface area contributed by atoms with E-state index in [0.717, 1.165) is 12.8 Å². The molecule has 0 aromatic heterocycles. The van der Waals surface area contributed by atoms with Crippen molar-refractivity contribution in [2.45, 2.75) is 49.6 Å². The van der Waals surface area contributed by atoms with Gasteiger partial charge in [0, 0.05) is 39.1 Å². The van der Waals surface area contributed by atoms with Gasteiger partial charge < -0.3 is 9.80 Å². The Bertz CT molecular complexity index is 3170. The van der Waals surface area contributed by atoms with E-state index < -0.39 is 0 Å². The van der Waals surface area contributed by atoms with E-state index in [1.54, 1.807) is 0 Å². The minimum absolute atomic E-state index is 0.0862. The van der Waals surface area contributed by atoms with Crippen molar-refractivity contribution < 1.29 is 0 Å². The lowest BCUT2D eigenvalue weighted by Gasteiger charge is -2.44. The minimum Gasteiger partial charge on any atom is -0.335 e. The number of anilines is 4. The number of fused-ring (bicyclic) bond motifs is 13. The highest BCUT2D eigenvalue weighted by Gasteiger charge is 2.64. The van der Waals surface area contributed by atoms with E-state index in [9.17, 15) is 0 Å². The van der Waals surface area contributed by atoms with Crippen LogP contribution in [0.15, 0.2) is 231 Å². The summed E-state index contributed by atoms with van der Waals surface area (Å²) in [6.45, 7) is 4.80. The van der Waals surface area contributed by atoms with Crippen molar-refractivity contribution in [2.75, 3.05) is 9.80 Å². The monoisotopic (exact) mass is 850 g/mol. The molecular formula is C64H54N2. The van der Waals surface area contributed by atoms with Crippen molar-refractivity contribution in [3.8, 4) is 22.3 Å². The lowest BCUT2D eigenvalue weighted by molar-refractivity contribution is 0.278. The van der Waals surface area contributed by atoms with Crippen LogP contribution in [-0.2, 0) is 10.8 Å². The molecule has 2 nitrogen and oxygen atoms in total. The van der Waals surface area contributed by atoms with Crippen LogP contribution in [0.1, 0.15) is 54.5 Å². The zero-order chi connectivity index (χ0) is 44.0. The second kappa shape index (κ2) is 15.2. The molecule has 0 aliphatic heterocycles. The largest absolute Gasteiger partial charge is 0.335 e. The van der Waals surface area contributed by atoms with Gasteiger partial charge in [0.1, 0.15) is 0 Å². The first-order chi connectivity index (χ1) is 32.5. The van der Waals surface area contributed by atoms with Gasteiger partial charge in [-0.25, -0.2) is 0 Å². The Morgan fingerprint density at radius 3 is 1.89 bits per heavy atom. The molecule has 1 saturated carbocycles. The summed E-state index contributed by atoms with van der Waals surface area (Å²) in [5.74, 6) is 1.46. The van der Waals surface area contributed by atoms with Gasteiger partial charge in [0.05, 0.1) is 12.1 Å². The van der Waals surface area contributed by atoms with Gasteiger partial charge in [0.2, 0.25) is 0 Å². The van der Waals surface area contributed by atoms with E-state index in [4.69, 9.17) is 0 Å². The predicted molar refractivity (Wildman–Crippen MR) is 276 cm³/mol. The fourth-order valence-electron chi connectivity index (χ4n) is 13.8. The number of benzene rings is 7. The van der Waals surface area contributed by atoms with Crippen LogP contribution in [0.2, 0.25) is 0 Å². The fraction of sp³-hybridized carbons (Fsp3) is 0.188. The highest BCUT2D eigenvalue weighted by atomic mass is 15.2. The smallest absolute Gasteiger partial charge is 0.0566 e. The molecule has 1 spiro atoms. The highest BCUT2D eigenvalue weighted by molar-refractivity contribution is 5.94. The lowest BCUT2D eigenvalue weighted by Crippen LogP contribution is -2.43. The Balaban J connectivity index is 0.968. The van der Waals surface area contributed by atoms with E-state index in [2.05, 4.69) is 254 Å². The summed E-state index contributed by atoms with van der Waals surface area (Å²) in [6, 6.07) is 66.7. The van der Waals surface area contributed by atoms with Crippen LogP contribution in [0.5, 0.6) is 0 Å². The Morgan fingerprint density at radius 2 is 1.11 bits per heavy atom. The Labute approximate surface area is 390 Å². The van der Waals surface area contributed by atoms with Gasteiger partial charge in [-0.15, -0.1) is 0 Å². The number of allylic oxidation sites excluding steroid dienone is 7. The van der Waals surface area contributed by atoms with E-state index in [-0.39, 0.29) is 22.9 Å². The van der Waals surface area contributed by atoms with Crippen molar-refractivity contribution >= 4 is 28.3 Å². The molecule has 6 aliphatic carbocycles. The van der Waals surface area contributed by atoms with Gasteiger partial charge in [0.15, 0.2) is 0 Å². The molecule has 0 heterocycles.